The number of ether oxygens (including phenoxy) is 1. The molecule has 0 heterocycles. The number of halogens is 1. The minimum absolute atomic E-state index is 0.0168. The number of hydrogen-bond donors (Lipinski definition) is 1. The molecule has 10 heteroatoms. The summed E-state index contributed by atoms with van der Waals surface area (Å²) in [5.41, 5.74) is -0.662. The smallest absolute Gasteiger partial charge is 0.319 e. The van der Waals surface area contributed by atoms with Crippen LogP contribution in [0, 0.1) is 20.2 Å². The Hall–Kier alpha value is -2.23. The summed E-state index contributed by atoms with van der Waals surface area (Å²) in [6.07, 6.45) is 0. The van der Waals surface area contributed by atoms with Crippen molar-refractivity contribution in [2.24, 2.45) is 0 Å². The van der Waals surface area contributed by atoms with Gasteiger partial charge in [-0.25, -0.2) is 0 Å². The van der Waals surface area contributed by atoms with Crippen LogP contribution in [0.2, 0.25) is 0 Å². The van der Waals surface area contributed by atoms with Gasteiger partial charge < -0.3 is 10.1 Å². The number of nitrogens with one attached hydrogen (secondary N) is 1. The van der Waals surface area contributed by atoms with E-state index in [0.717, 1.165) is 12.1 Å². The highest BCUT2D eigenvalue weighted by molar-refractivity contribution is 9.10. The zero-order chi connectivity index (χ0) is 16.0. The van der Waals surface area contributed by atoms with Gasteiger partial charge in [0.15, 0.2) is 0 Å². The van der Waals surface area contributed by atoms with E-state index in [2.05, 4.69) is 21.2 Å². The lowest BCUT2D eigenvalue weighted by Crippen LogP contribution is -2.19. The van der Waals surface area contributed by atoms with Gasteiger partial charge in [-0.2, -0.15) is 0 Å². The van der Waals surface area contributed by atoms with Crippen molar-refractivity contribution < 1.29 is 19.4 Å². The van der Waals surface area contributed by atoms with E-state index in [4.69, 9.17) is 4.74 Å². The van der Waals surface area contributed by atoms with Gasteiger partial charge in [0.2, 0.25) is 0 Å². The fourth-order valence-electron chi connectivity index (χ4n) is 1.39. The molecule has 1 aromatic carbocycles. The van der Waals surface area contributed by atoms with Crippen molar-refractivity contribution in [1.82, 2.24) is 0 Å². The van der Waals surface area contributed by atoms with E-state index in [0.29, 0.717) is 0 Å². The quantitative estimate of drug-likeness (QED) is 0.259. The number of benzene rings is 1. The molecular weight excluding hydrogens is 350 g/mol. The Morgan fingerprint density at radius 2 is 2.05 bits per heavy atom. The SMILES string of the molecule is CC(Br)C(=O)OCCNc1ccc([N+](=O)[O-])cc1[N+](=O)[O-]. The van der Waals surface area contributed by atoms with E-state index < -0.39 is 26.3 Å². The third kappa shape index (κ3) is 4.99. The molecule has 1 aromatic rings. The molecule has 0 saturated carbocycles. The zero-order valence-corrected chi connectivity index (χ0v) is 12.5. The maximum atomic E-state index is 11.2. The second-order valence-corrected chi connectivity index (χ2v) is 5.30. The number of anilines is 1. The van der Waals surface area contributed by atoms with Gasteiger partial charge >= 0.3 is 5.97 Å². The molecule has 0 amide bonds. The van der Waals surface area contributed by atoms with Gasteiger partial charge in [0.1, 0.15) is 17.1 Å². The predicted octanol–water partition coefficient (Wildman–Crippen LogP) is 2.24. The van der Waals surface area contributed by atoms with Crippen LogP contribution in [0.25, 0.3) is 0 Å². The number of carbonyl (C=O) groups is 1. The minimum Gasteiger partial charge on any atom is -0.463 e. The molecule has 1 N–H and O–H groups in total. The summed E-state index contributed by atoms with van der Waals surface area (Å²) in [5.74, 6) is -0.449. The van der Waals surface area contributed by atoms with Crippen molar-refractivity contribution in [3.05, 3.63) is 38.4 Å². The number of non-ortho nitro benzene ring substituents is 1. The number of rotatable bonds is 7. The number of esters is 1. The summed E-state index contributed by atoms with van der Waals surface area (Å²) in [6, 6.07) is 3.27. The Bertz CT molecular complexity index is 563. The van der Waals surface area contributed by atoms with Crippen molar-refractivity contribution in [2.75, 3.05) is 18.5 Å². The lowest BCUT2D eigenvalue weighted by molar-refractivity contribution is -0.393. The average molecular weight is 362 g/mol. The largest absolute Gasteiger partial charge is 0.463 e. The normalized spacial score (nSPS) is 11.5. The van der Waals surface area contributed by atoms with E-state index in [1.807, 2.05) is 0 Å². The molecule has 0 saturated heterocycles. The van der Waals surface area contributed by atoms with Crippen molar-refractivity contribution in [3.63, 3.8) is 0 Å². The molecule has 0 aliphatic rings. The Balaban J connectivity index is 2.68. The molecule has 21 heavy (non-hydrogen) atoms. The molecule has 0 aliphatic heterocycles. The molecule has 1 atom stereocenters. The first-order chi connectivity index (χ1) is 9.82. The van der Waals surface area contributed by atoms with Gasteiger partial charge in [-0.3, -0.25) is 25.0 Å². The third-order valence-electron chi connectivity index (χ3n) is 2.38. The van der Waals surface area contributed by atoms with Crippen LogP contribution in [-0.4, -0.2) is 33.8 Å². The van der Waals surface area contributed by atoms with Crippen LogP contribution in [0.4, 0.5) is 17.1 Å². The lowest BCUT2D eigenvalue weighted by Gasteiger charge is -2.08. The number of alkyl halides is 1. The Morgan fingerprint density at radius 3 is 2.57 bits per heavy atom. The van der Waals surface area contributed by atoms with E-state index in [1.54, 1.807) is 6.92 Å². The molecule has 0 radical (unpaired) electrons. The van der Waals surface area contributed by atoms with Crippen molar-refractivity contribution >= 4 is 39.0 Å². The second-order valence-electron chi connectivity index (χ2n) is 3.93. The summed E-state index contributed by atoms with van der Waals surface area (Å²) in [7, 11) is 0. The van der Waals surface area contributed by atoms with Gasteiger partial charge in [0, 0.05) is 12.6 Å². The highest BCUT2D eigenvalue weighted by Crippen LogP contribution is 2.28. The molecule has 114 valence electrons. The number of nitrogens with zero attached hydrogens (tertiary/aromatic N) is 2. The maximum absolute atomic E-state index is 11.2. The minimum atomic E-state index is -0.720. The van der Waals surface area contributed by atoms with Gasteiger partial charge in [-0.15, -0.1) is 0 Å². The molecule has 9 nitrogen and oxygen atoms in total. The van der Waals surface area contributed by atoms with Crippen LogP contribution in [-0.2, 0) is 9.53 Å². The average Bonchev–Trinajstić information content (AvgIpc) is 2.42. The van der Waals surface area contributed by atoms with Crippen molar-refractivity contribution in [2.45, 2.75) is 11.8 Å². The fraction of sp³-hybridized carbons (Fsp3) is 0.364. The number of nitro groups is 2. The highest BCUT2D eigenvalue weighted by atomic mass is 79.9. The molecule has 0 aromatic heterocycles. The van der Waals surface area contributed by atoms with Gasteiger partial charge in [0.05, 0.1) is 15.9 Å². The fourth-order valence-corrected chi connectivity index (χ4v) is 1.52. The van der Waals surface area contributed by atoms with E-state index >= 15 is 0 Å². The number of nitro benzene ring substituents is 2. The van der Waals surface area contributed by atoms with Crippen molar-refractivity contribution in [1.29, 1.82) is 0 Å². The van der Waals surface area contributed by atoms with E-state index in [9.17, 15) is 25.0 Å². The number of hydrogen-bond acceptors (Lipinski definition) is 7. The zero-order valence-electron chi connectivity index (χ0n) is 10.9. The molecule has 0 bridgehead atoms. The monoisotopic (exact) mass is 361 g/mol. The number of carbonyl (C=O) groups excluding carboxylic acids is 1. The first kappa shape index (κ1) is 16.8. The topological polar surface area (TPSA) is 125 Å². The molecular formula is C11H12BrN3O6. The Labute approximate surface area is 127 Å². The summed E-state index contributed by atoms with van der Waals surface area (Å²) in [5, 5.41) is 24.2. The first-order valence-electron chi connectivity index (χ1n) is 5.80. The van der Waals surface area contributed by atoms with Gasteiger partial charge in [-0.05, 0) is 13.0 Å². The second kappa shape index (κ2) is 7.53. The van der Waals surface area contributed by atoms with Crippen LogP contribution in [0.5, 0.6) is 0 Å². The summed E-state index contributed by atoms with van der Waals surface area (Å²) in [4.78, 5) is 30.8. The first-order valence-corrected chi connectivity index (χ1v) is 6.72. The highest BCUT2D eigenvalue weighted by Gasteiger charge is 2.19. The van der Waals surface area contributed by atoms with E-state index in [-0.39, 0.29) is 24.5 Å². The molecule has 0 fully saturated rings. The maximum Gasteiger partial charge on any atom is 0.319 e. The van der Waals surface area contributed by atoms with Gasteiger partial charge in [0.25, 0.3) is 11.4 Å². The molecule has 0 spiro atoms. The lowest BCUT2D eigenvalue weighted by atomic mass is 10.2. The van der Waals surface area contributed by atoms with Crippen LogP contribution < -0.4 is 5.32 Å². The Kier molecular flexibility index (Phi) is 6.03. The predicted molar refractivity (Wildman–Crippen MR) is 77.6 cm³/mol. The molecule has 1 rings (SSSR count). The van der Waals surface area contributed by atoms with Gasteiger partial charge in [-0.1, -0.05) is 15.9 Å². The summed E-state index contributed by atoms with van der Waals surface area (Å²) < 4.78 is 4.86. The van der Waals surface area contributed by atoms with Crippen LogP contribution in [0.15, 0.2) is 18.2 Å². The Morgan fingerprint density at radius 1 is 1.38 bits per heavy atom. The molecule has 1 unspecified atom stereocenters. The summed E-state index contributed by atoms with van der Waals surface area (Å²) >= 11 is 3.04. The van der Waals surface area contributed by atoms with E-state index in [1.165, 1.54) is 6.07 Å². The van der Waals surface area contributed by atoms with Crippen molar-refractivity contribution in [3.8, 4) is 0 Å². The van der Waals surface area contributed by atoms with Crippen LogP contribution >= 0.6 is 15.9 Å². The van der Waals surface area contributed by atoms with Crippen LogP contribution in [0.3, 0.4) is 0 Å². The standard InChI is InChI=1S/C11H12BrN3O6/c1-7(12)11(16)21-5-4-13-9-3-2-8(14(17)18)6-10(9)15(19)20/h2-3,6-7,13H,4-5H2,1H3. The summed E-state index contributed by atoms with van der Waals surface area (Å²) in [6.45, 7) is 1.77. The molecule has 0 aliphatic carbocycles. The van der Waals surface area contributed by atoms with Crippen LogP contribution in [0.1, 0.15) is 6.92 Å². The third-order valence-corrected chi connectivity index (χ3v) is 2.75.